The van der Waals surface area contributed by atoms with Crippen molar-refractivity contribution in [3.8, 4) is 0 Å². The second-order valence-corrected chi connectivity index (χ2v) is 7.96. The monoisotopic (exact) mass is 533 g/mol. The maximum atomic E-state index is 4.32. The van der Waals surface area contributed by atoms with Crippen LogP contribution in [0.5, 0.6) is 0 Å². The van der Waals surface area contributed by atoms with Gasteiger partial charge in [-0.05, 0) is 49.6 Å². The second kappa shape index (κ2) is 11.4. The van der Waals surface area contributed by atoms with E-state index in [0.29, 0.717) is 12.6 Å². The molecule has 2 N–H and O–H groups in total. The molecule has 1 fully saturated rings. The van der Waals surface area contributed by atoms with Gasteiger partial charge in [0, 0.05) is 32.4 Å². The fourth-order valence-electron chi connectivity index (χ4n) is 3.97. The molecular weight excluding hydrogens is 501 g/mol. The smallest absolute Gasteiger partial charge is 0.191 e. The van der Waals surface area contributed by atoms with Gasteiger partial charge in [-0.2, -0.15) is 0 Å². The number of hydrogen-bond acceptors (Lipinski definition) is 4. The summed E-state index contributed by atoms with van der Waals surface area (Å²) in [5.74, 6) is 1.60. The van der Waals surface area contributed by atoms with Crippen LogP contribution in [0.1, 0.15) is 43.1 Å². The molecule has 1 saturated heterocycles. The molecule has 3 aromatic rings. The Kier molecular flexibility index (Phi) is 8.65. The standard InChI is InChI=1S/C23H31N7.HI/c1-18-7-3-5-13-29(18)17-20-11-9-19(10-12-20)15-25-23(24-2)26-16-22-28-27-21-8-4-6-14-30(21)22;/h4,6,8-12,14,18H,3,5,7,13,15-17H2,1-2H3,(H2,24,25,26);1H. The minimum atomic E-state index is 0. The predicted octanol–water partition coefficient (Wildman–Crippen LogP) is 3.59. The van der Waals surface area contributed by atoms with Crippen molar-refractivity contribution in [2.75, 3.05) is 13.6 Å². The molecule has 0 amide bonds. The second-order valence-electron chi connectivity index (χ2n) is 7.96. The lowest BCUT2D eigenvalue weighted by Gasteiger charge is -2.33. The van der Waals surface area contributed by atoms with Gasteiger partial charge in [-0.3, -0.25) is 14.3 Å². The number of guanidine groups is 1. The van der Waals surface area contributed by atoms with Crippen molar-refractivity contribution in [2.45, 2.75) is 51.9 Å². The lowest BCUT2D eigenvalue weighted by molar-refractivity contribution is 0.152. The Morgan fingerprint density at radius 1 is 1.03 bits per heavy atom. The van der Waals surface area contributed by atoms with Crippen LogP contribution in [0, 0.1) is 0 Å². The summed E-state index contributed by atoms with van der Waals surface area (Å²) in [4.78, 5) is 6.91. The number of piperidine rings is 1. The lowest BCUT2D eigenvalue weighted by atomic mass is 10.0. The van der Waals surface area contributed by atoms with Crippen molar-refractivity contribution in [1.29, 1.82) is 0 Å². The molecule has 0 aliphatic carbocycles. The zero-order chi connectivity index (χ0) is 20.8. The Morgan fingerprint density at radius 3 is 2.58 bits per heavy atom. The molecule has 1 aromatic carbocycles. The third-order valence-corrected chi connectivity index (χ3v) is 5.83. The third-order valence-electron chi connectivity index (χ3n) is 5.83. The summed E-state index contributed by atoms with van der Waals surface area (Å²) < 4.78 is 1.97. The minimum Gasteiger partial charge on any atom is -0.352 e. The molecule has 0 radical (unpaired) electrons. The van der Waals surface area contributed by atoms with Gasteiger partial charge in [-0.25, -0.2) is 0 Å². The van der Waals surface area contributed by atoms with E-state index in [2.05, 4.69) is 61.9 Å². The van der Waals surface area contributed by atoms with Gasteiger partial charge in [-0.1, -0.05) is 36.8 Å². The average Bonchev–Trinajstić information content (AvgIpc) is 3.20. The number of likely N-dealkylation sites (tertiary alicyclic amines) is 1. The Hall–Kier alpha value is -2.20. The van der Waals surface area contributed by atoms with Crippen LogP contribution in [0.15, 0.2) is 53.7 Å². The van der Waals surface area contributed by atoms with Crippen LogP contribution >= 0.6 is 24.0 Å². The number of hydrogen-bond donors (Lipinski definition) is 2. The first kappa shape index (κ1) is 23.5. The lowest BCUT2D eigenvalue weighted by Crippen LogP contribution is -2.37. The van der Waals surface area contributed by atoms with Crippen molar-refractivity contribution in [3.05, 3.63) is 65.6 Å². The summed E-state index contributed by atoms with van der Waals surface area (Å²) >= 11 is 0. The van der Waals surface area contributed by atoms with Gasteiger partial charge in [0.1, 0.15) is 0 Å². The number of nitrogens with one attached hydrogen (secondary N) is 2. The summed E-state index contributed by atoms with van der Waals surface area (Å²) in [5, 5.41) is 15.1. The molecule has 7 nitrogen and oxygen atoms in total. The summed E-state index contributed by atoms with van der Waals surface area (Å²) in [7, 11) is 1.78. The van der Waals surface area contributed by atoms with Crippen LogP contribution in [-0.2, 0) is 19.6 Å². The quantitative estimate of drug-likeness (QED) is 0.288. The zero-order valence-electron chi connectivity index (χ0n) is 18.3. The van der Waals surface area contributed by atoms with Crippen molar-refractivity contribution in [2.24, 2.45) is 4.99 Å². The number of pyridine rings is 1. The summed E-state index contributed by atoms with van der Waals surface area (Å²) in [5.41, 5.74) is 3.46. The highest BCUT2D eigenvalue weighted by atomic mass is 127. The van der Waals surface area contributed by atoms with Gasteiger partial charge in [-0.15, -0.1) is 34.2 Å². The van der Waals surface area contributed by atoms with Crippen molar-refractivity contribution in [1.82, 2.24) is 30.1 Å². The van der Waals surface area contributed by atoms with Crippen molar-refractivity contribution in [3.63, 3.8) is 0 Å². The van der Waals surface area contributed by atoms with Crippen LogP contribution < -0.4 is 10.6 Å². The molecule has 3 heterocycles. The normalized spacial score (nSPS) is 17.4. The molecule has 166 valence electrons. The maximum absolute atomic E-state index is 4.32. The summed E-state index contributed by atoms with van der Waals surface area (Å²) in [6, 6.07) is 15.5. The number of benzene rings is 1. The first-order chi connectivity index (χ1) is 14.7. The number of aromatic nitrogens is 3. The van der Waals surface area contributed by atoms with E-state index in [-0.39, 0.29) is 24.0 Å². The SMILES string of the molecule is CN=C(NCc1ccc(CN2CCCCC2C)cc1)NCc1nnc2ccccn12.I. The van der Waals surface area contributed by atoms with Gasteiger partial charge in [0.15, 0.2) is 17.4 Å². The molecule has 1 atom stereocenters. The molecule has 0 saturated carbocycles. The Balaban J connectivity index is 0.00000272. The topological polar surface area (TPSA) is 69.8 Å². The highest BCUT2D eigenvalue weighted by Crippen LogP contribution is 2.19. The van der Waals surface area contributed by atoms with Gasteiger partial charge < -0.3 is 10.6 Å². The van der Waals surface area contributed by atoms with E-state index in [9.17, 15) is 0 Å². The van der Waals surface area contributed by atoms with Gasteiger partial charge in [0.25, 0.3) is 0 Å². The molecule has 1 unspecified atom stereocenters. The van der Waals surface area contributed by atoms with Gasteiger partial charge in [0.05, 0.1) is 6.54 Å². The number of halogens is 1. The van der Waals surface area contributed by atoms with Crippen LogP contribution in [0.25, 0.3) is 5.65 Å². The van der Waals surface area contributed by atoms with Crippen molar-refractivity contribution < 1.29 is 0 Å². The third kappa shape index (κ3) is 6.16. The van der Waals surface area contributed by atoms with Crippen LogP contribution in [0.4, 0.5) is 0 Å². The zero-order valence-corrected chi connectivity index (χ0v) is 20.6. The van der Waals surface area contributed by atoms with Crippen LogP contribution in [-0.4, -0.2) is 45.1 Å². The van der Waals surface area contributed by atoms with Gasteiger partial charge >= 0.3 is 0 Å². The predicted molar refractivity (Wildman–Crippen MR) is 136 cm³/mol. The summed E-state index contributed by atoms with van der Waals surface area (Å²) in [6.07, 6.45) is 5.97. The van der Waals surface area contributed by atoms with E-state index >= 15 is 0 Å². The number of fused-ring (bicyclic) bond motifs is 1. The maximum Gasteiger partial charge on any atom is 0.191 e. The van der Waals surface area contributed by atoms with Gasteiger partial charge in [0.2, 0.25) is 0 Å². The number of aliphatic imine (C=N–C) groups is 1. The molecule has 1 aliphatic rings. The highest BCUT2D eigenvalue weighted by Gasteiger charge is 2.17. The molecule has 31 heavy (non-hydrogen) atoms. The molecule has 2 aromatic heterocycles. The van der Waals surface area contributed by atoms with E-state index in [1.165, 1.54) is 36.9 Å². The van der Waals surface area contributed by atoms with Crippen LogP contribution in [0.3, 0.4) is 0 Å². The Morgan fingerprint density at radius 2 is 1.81 bits per heavy atom. The minimum absolute atomic E-state index is 0. The largest absolute Gasteiger partial charge is 0.352 e. The average molecular weight is 533 g/mol. The number of nitrogens with zero attached hydrogens (tertiary/aromatic N) is 5. The first-order valence-corrected chi connectivity index (χ1v) is 10.8. The van der Waals surface area contributed by atoms with E-state index in [0.717, 1.165) is 30.5 Å². The summed E-state index contributed by atoms with van der Waals surface area (Å²) in [6.45, 7) is 5.88. The first-order valence-electron chi connectivity index (χ1n) is 10.8. The van der Waals surface area contributed by atoms with Crippen LogP contribution in [0.2, 0.25) is 0 Å². The molecule has 4 rings (SSSR count). The van der Waals surface area contributed by atoms with E-state index in [1.54, 1.807) is 7.05 Å². The van der Waals surface area contributed by atoms with E-state index in [1.807, 2.05) is 28.8 Å². The van der Waals surface area contributed by atoms with E-state index in [4.69, 9.17) is 0 Å². The van der Waals surface area contributed by atoms with E-state index < -0.39 is 0 Å². The van der Waals surface area contributed by atoms with Crippen molar-refractivity contribution >= 4 is 35.6 Å². The highest BCUT2D eigenvalue weighted by molar-refractivity contribution is 14.0. The number of rotatable bonds is 6. The fraction of sp³-hybridized carbons (Fsp3) is 0.435. The molecular formula is C23H32IN7. The molecule has 1 aliphatic heterocycles. The molecule has 8 heteroatoms. The molecule has 0 bridgehead atoms. The molecule has 0 spiro atoms. The Bertz CT molecular complexity index is 983. The fourth-order valence-corrected chi connectivity index (χ4v) is 3.97. The Labute approximate surface area is 201 Å².